The predicted octanol–water partition coefficient (Wildman–Crippen LogP) is 8.49. The van der Waals surface area contributed by atoms with Gasteiger partial charge in [-0.3, -0.25) is 0 Å². The van der Waals surface area contributed by atoms with E-state index in [0.717, 1.165) is 19.1 Å². The van der Waals surface area contributed by atoms with Gasteiger partial charge < -0.3 is 4.74 Å². The van der Waals surface area contributed by atoms with E-state index in [9.17, 15) is 0 Å². The van der Waals surface area contributed by atoms with Gasteiger partial charge in [-0.25, -0.2) is 0 Å². The van der Waals surface area contributed by atoms with Crippen LogP contribution in [-0.4, -0.2) is 6.61 Å². The van der Waals surface area contributed by atoms with E-state index >= 15 is 0 Å². The maximum Gasteiger partial charge on any atom is 0.0716 e. The summed E-state index contributed by atoms with van der Waals surface area (Å²) in [6.45, 7) is 6.35. The zero-order valence-corrected chi connectivity index (χ0v) is 18.1. The SMILES string of the molecule is CCCCCCCC[C@@H](C)CC/C=C/CCCCCOCc1ccccc1. The molecule has 0 aliphatic carbocycles. The highest BCUT2D eigenvalue weighted by atomic mass is 16.5. The van der Waals surface area contributed by atoms with Crippen LogP contribution < -0.4 is 0 Å². The molecule has 1 heteroatoms. The first-order valence-electron chi connectivity index (χ1n) is 11.6. The normalized spacial score (nSPS) is 12.7. The van der Waals surface area contributed by atoms with E-state index in [-0.39, 0.29) is 0 Å². The Bertz CT molecular complexity index is 437. The first-order valence-corrected chi connectivity index (χ1v) is 11.6. The quantitative estimate of drug-likeness (QED) is 0.185. The van der Waals surface area contributed by atoms with Crippen LogP contribution in [0.2, 0.25) is 0 Å². The standard InChI is InChI=1S/C26H44O/c1-3-4-5-6-10-14-19-25(2)20-15-11-8-7-9-12-18-23-27-24-26-21-16-13-17-22-26/h8,11,13,16-17,21-22,25H,3-7,9-10,12,14-15,18-20,23-24H2,1-2H3/b11-8+/t25-/m1/s1. The maximum absolute atomic E-state index is 5.73. The van der Waals surface area contributed by atoms with E-state index in [1.54, 1.807) is 0 Å². The minimum absolute atomic E-state index is 0.748. The maximum atomic E-state index is 5.73. The Balaban J connectivity index is 1.82. The lowest BCUT2D eigenvalue weighted by molar-refractivity contribution is 0.117. The minimum atomic E-state index is 0.748. The molecule has 0 saturated carbocycles. The Hall–Kier alpha value is -1.08. The highest BCUT2D eigenvalue weighted by Crippen LogP contribution is 2.16. The Labute approximate surface area is 169 Å². The lowest BCUT2D eigenvalue weighted by Crippen LogP contribution is -1.95. The molecule has 0 aliphatic heterocycles. The van der Waals surface area contributed by atoms with Crippen molar-refractivity contribution >= 4 is 0 Å². The number of hydrogen-bond acceptors (Lipinski definition) is 1. The molecular formula is C26H44O. The molecule has 1 aromatic carbocycles. The fourth-order valence-corrected chi connectivity index (χ4v) is 3.44. The molecule has 1 atom stereocenters. The van der Waals surface area contributed by atoms with E-state index in [0.29, 0.717) is 0 Å². The van der Waals surface area contributed by atoms with Crippen molar-refractivity contribution in [1.29, 1.82) is 0 Å². The van der Waals surface area contributed by atoms with Gasteiger partial charge in [0.25, 0.3) is 0 Å². The van der Waals surface area contributed by atoms with Crippen LogP contribution >= 0.6 is 0 Å². The predicted molar refractivity (Wildman–Crippen MR) is 120 cm³/mol. The Kier molecular flexibility index (Phi) is 16.2. The van der Waals surface area contributed by atoms with E-state index in [1.807, 2.05) is 6.07 Å². The third kappa shape index (κ3) is 15.7. The van der Waals surface area contributed by atoms with Gasteiger partial charge in [0.1, 0.15) is 0 Å². The van der Waals surface area contributed by atoms with E-state index in [2.05, 4.69) is 50.3 Å². The summed E-state index contributed by atoms with van der Waals surface area (Å²) in [6.07, 6.45) is 22.3. The molecule has 0 aromatic heterocycles. The lowest BCUT2D eigenvalue weighted by Gasteiger charge is -2.09. The first-order chi connectivity index (χ1) is 13.3. The van der Waals surface area contributed by atoms with Gasteiger partial charge in [0.2, 0.25) is 0 Å². The number of ether oxygens (including phenoxy) is 1. The van der Waals surface area contributed by atoms with Gasteiger partial charge in [0.15, 0.2) is 0 Å². The van der Waals surface area contributed by atoms with Crippen molar-refractivity contribution in [2.24, 2.45) is 5.92 Å². The van der Waals surface area contributed by atoms with Crippen molar-refractivity contribution in [3.05, 3.63) is 48.0 Å². The van der Waals surface area contributed by atoms with Gasteiger partial charge in [-0.1, -0.05) is 108 Å². The number of rotatable bonds is 18. The molecule has 27 heavy (non-hydrogen) atoms. The van der Waals surface area contributed by atoms with Crippen LogP contribution in [0.5, 0.6) is 0 Å². The van der Waals surface area contributed by atoms with E-state index in [1.165, 1.54) is 89.0 Å². The molecule has 0 N–H and O–H groups in total. The molecule has 154 valence electrons. The Morgan fingerprint density at radius 2 is 1.48 bits per heavy atom. The molecule has 0 bridgehead atoms. The Morgan fingerprint density at radius 3 is 2.30 bits per heavy atom. The van der Waals surface area contributed by atoms with Crippen molar-refractivity contribution in [3.63, 3.8) is 0 Å². The van der Waals surface area contributed by atoms with Gasteiger partial charge in [0, 0.05) is 6.61 Å². The van der Waals surface area contributed by atoms with Crippen molar-refractivity contribution in [2.75, 3.05) is 6.61 Å². The highest BCUT2D eigenvalue weighted by Gasteiger charge is 2.00. The van der Waals surface area contributed by atoms with E-state index in [4.69, 9.17) is 4.74 Å². The minimum Gasteiger partial charge on any atom is -0.377 e. The van der Waals surface area contributed by atoms with Crippen molar-refractivity contribution in [3.8, 4) is 0 Å². The van der Waals surface area contributed by atoms with Crippen LogP contribution in [-0.2, 0) is 11.3 Å². The zero-order valence-electron chi connectivity index (χ0n) is 18.1. The second kappa shape index (κ2) is 18.3. The molecule has 0 fully saturated rings. The summed E-state index contributed by atoms with van der Waals surface area (Å²) in [7, 11) is 0. The third-order valence-corrected chi connectivity index (χ3v) is 5.31. The largest absolute Gasteiger partial charge is 0.377 e. The molecule has 0 radical (unpaired) electrons. The lowest BCUT2D eigenvalue weighted by atomic mass is 9.97. The highest BCUT2D eigenvalue weighted by molar-refractivity contribution is 5.13. The summed E-state index contributed by atoms with van der Waals surface area (Å²) >= 11 is 0. The van der Waals surface area contributed by atoms with Crippen LogP contribution in [0.25, 0.3) is 0 Å². The molecule has 0 aliphatic rings. The summed E-state index contributed by atoms with van der Waals surface area (Å²) < 4.78 is 5.73. The van der Waals surface area contributed by atoms with Crippen molar-refractivity contribution < 1.29 is 4.74 Å². The van der Waals surface area contributed by atoms with Crippen molar-refractivity contribution in [2.45, 2.75) is 104 Å². The molecule has 0 unspecified atom stereocenters. The second-order valence-corrected chi connectivity index (χ2v) is 8.10. The summed E-state index contributed by atoms with van der Waals surface area (Å²) in [4.78, 5) is 0. The molecule has 1 nitrogen and oxygen atoms in total. The summed E-state index contributed by atoms with van der Waals surface area (Å²) in [5, 5.41) is 0. The van der Waals surface area contributed by atoms with Crippen LogP contribution in [0.4, 0.5) is 0 Å². The smallest absolute Gasteiger partial charge is 0.0716 e. The summed E-state index contributed by atoms with van der Waals surface area (Å²) in [5.41, 5.74) is 1.27. The zero-order chi connectivity index (χ0) is 19.4. The fourth-order valence-electron chi connectivity index (χ4n) is 3.44. The topological polar surface area (TPSA) is 9.23 Å². The van der Waals surface area contributed by atoms with Crippen LogP contribution in [0.15, 0.2) is 42.5 Å². The molecular weight excluding hydrogens is 328 g/mol. The number of unbranched alkanes of at least 4 members (excludes halogenated alkanes) is 8. The van der Waals surface area contributed by atoms with Crippen LogP contribution in [0.1, 0.15) is 103 Å². The Morgan fingerprint density at radius 1 is 0.778 bits per heavy atom. The van der Waals surface area contributed by atoms with Gasteiger partial charge >= 0.3 is 0 Å². The average Bonchev–Trinajstić information content (AvgIpc) is 2.69. The molecule has 0 spiro atoms. The van der Waals surface area contributed by atoms with Gasteiger partial charge in [-0.2, -0.15) is 0 Å². The molecule has 0 saturated heterocycles. The first kappa shape index (κ1) is 24.0. The third-order valence-electron chi connectivity index (χ3n) is 5.31. The number of benzene rings is 1. The fraction of sp³-hybridized carbons (Fsp3) is 0.692. The summed E-state index contributed by atoms with van der Waals surface area (Å²) in [5.74, 6) is 0.891. The van der Waals surface area contributed by atoms with Gasteiger partial charge in [0.05, 0.1) is 6.61 Å². The number of hydrogen-bond donors (Lipinski definition) is 0. The molecule has 1 rings (SSSR count). The summed E-state index contributed by atoms with van der Waals surface area (Å²) in [6, 6.07) is 10.4. The monoisotopic (exact) mass is 372 g/mol. The molecule has 1 aromatic rings. The average molecular weight is 373 g/mol. The van der Waals surface area contributed by atoms with Gasteiger partial charge in [-0.15, -0.1) is 0 Å². The van der Waals surface area contributed by atoms with Crippen molar-refractivity contribution in [1.82, 2.24) is 0 Å². The molecule has 0 heterocycles. The molecule has 0 amide bonds. The van der Waals surface area contributed by atoms with E-state index < -0.39 is 0 Å². The second-order valence-electron chi connectivity index (χ2n) is 8.10. The van der Waals surface area contributed by atoms with Crippen LogP contribution in [0, 0.1) is 5.92 Å². The number of allylic oxidation sites excluding steroid dienone is 2. The van der Waals surface area contributed by atoms with Gasteiger partial charge in [-0.05, 0) is 43.6 Å². The van der Waals surface area contributed by atoms with Crippen LogP contribution in [0.3, 0.4) is 0 Å².